The van der Waals surface area contributed by atoms with Crippen LogP contribution in [0, 0.1) is 0 Å². The number of thioether (sulfide) groups is 1. The maximum Gasteiger partial charge on any atom is 0.128 e. The van der Waals surface area contributed by atoms with Gasteiger partial charge in [0.2, 0.25) is 0 Å². The van der Waals surface area contributed by atoms with Gasteiger partial charge in [-0.05, 0) is 13.8 Å². The van der Waals surface area contributed by atoms with Crippen LogP contribution in [0.1, 0.15) is 13.8 Å². The SMILES string of the molecule is CC(C)(F)COCN1CCSCC1. The molecular formula is C9H18FNOS. The Balaban J connectivity index is 2.04. The van der Waals surface area contributed by atoms with Gasteiger partial charge in [-0.2, -0.15) is 11.8 Å². The second-order valence-corrected chi connectivity index (χ2v) is 5.15. The molecule has 1 rings (SSSR count). The van der Waals surface area contributed by atoms with Crippen LogP contribution in [0.2, 0.25) is 0 Å². The third kappa shape index (κ3) is 5.49. The summed E-state index contributed by atoms with van der Waals surface area (Å²) >= 11 is 1.97. The van der Waals surface area contributed by atoms with E-state index in [1.54, 1.807) is 13.8 Å². The van der Waals surface area contributed by atoms with Crippen LogP contribution in [0.25, 0.3) is 0 Å². The van der Waals surface area contributed by atoms with E-state index in [9.17, 15) is 4.39 Å². The summed E-state index contributed by atoms with van der Waals surface area (Å²) in [6.07, 6.45) is 0. The lowest BCUT2D eigenvalue weighted by atomic mass is 10.2. The summed E-state index contributed by atoms with van der Waals surface area (Å²) in [6.45, 7) is 5.98. The quantitative estimate of drug-likeness (QED) is 0.697. The van der Waals surface area contributed by atoms with Crippen molar-refractivity contribution < 1.29 is 9.13 Å². The Labute approximate surface area is 83.8 Å². The number of halogens is 1. The first-order valence-electron chi connectivity index (χ1n) is 4.65. The summed E-state index contributed by atoms with van der Waals surface area (Å²) in [7, 11) is 0. The Kier molecular flexibility index (Phi) is 4.49. The minimum atomic E-state index is -1.20. The summed E-state index contributed by atoms with van der Waals surface area (Å²) in [6, 6.07) is 0. The van der Waals surface area contributed by atoms with Crippen molar-refractivity contribution in [3.8, 4) is 0 Å². The van der Waals surface area contributed by atoms with Gasteiger partial charge in [0.05, 0.1) is 13.3 Å². The molecular weight excluding hydrogens is 189 g/mol. The maximum atomic E-state index is 13.0. The first-order chi connectivity index (χ1) is 6.08. The molecule has 0 bridgehead atoms. The van der Waals surface area contributed by atoms with Crippen molar-refractivity contribution >= 4 is 11.8 Å². The van der Waals surface area contributed by atoms with E-state index in [2.05, 4.69) is 4.90 Å². The average molecular weight is 207 g/mol. The van der Waals surface area contributed by atoms with Gasteiger partial charge in [0.25, 0.3) is 0 Å². The molecule has 0 atom stereocenters. The van der Waals surface area contributed by atoms with Crippen LogP contribution in [0.4, 0.5) is 4.39 Å². The van der Waals surface area contributed by atoms with Gasteiger partial charge in [-0.3, -0.25) is 4.90 Å². The Bertz CT molecular complexity index is 143. The van der Waals surface area contributed by atoms with E-state index < -0.39 is 5.67 Å². The monoisotopic (exact) mass is 207 g/mol. The standard InChI is InChI=1S/C9H18FNOS/c1-9(2,10)7-12-8-11-3-5-13-6-4-11/h3-8H2,1-2H3. The van der Waals surface area contributed by atoms with Crippen molar-refractivity contribution in [2.75, 3.05) is 37.9 Å². The van der Waals surface area contributed by atoms with Crippen LogP contribution >= 0.6 is 11.8 Å². The second kappa shape index (κ2) is 5.17. The number of ether oxygens (including phenoxy) is 1. The lowest BCUT2D eigenvalue weighted by molar-refractivity contribution is -0.0181. The van der Waals surface area contributed by atoms with Crippen LogP contribution in [0.15, 0.2) is 0 Å². The smallest absolute Gasteiger partial charge is 0.128 e. The molecule has 4 heteroatoms. The molecule has 0 aromatic rings. The fraction of sp³-hybridized carbons (Fsp3) is 1.00. The van der Waals surface area contributed by atoms with E-state index in [0.717, 1.165) is 13.1 Å². The van der Waals surface area contributed by atoms with Gasteiger partial charge >= 0.3 is 0 Å². The normalized spacial score (nSPS) is 20.5. The molecule has 0 N–H and O–H groups in total. The zero-order valence-corrected chi connectivity index (χ0v) is 9.20. The molecule has 0 radical (unpaired) electrons. The number of alkyl halides is 1. The summed E-state index contributed by atoms with van der Waals surface area (Å²) in [4.78, 5) is 2.22. The molecule has 1 fully saturated rings. The van der Waals surface area contributed by atoms with Gasteiger partial charge in [0.1, 0.15) is 5.67 Å². The Morgan fingerprint density at radius 3 is 2.54 bits per heavy atom. The summed E-state index contributed by atoms with van der Waals surface area (Å²) < 4.78 is 18.3. The highest BCUT2D eigenvalue weighted by Crippen LogP contribution is 2.11. The van der Waals surface area contributed by atoms with Crippen molar-refractivity contribution in [3.63, 3.8) is 0 Å². The predicted molar refractivity (Wildman–Crippen MR) is 54.9 cm³/mol. The van der Waals surface area contributed by atoms with Crippen LogP contribution in [0.3, 0.4) is 0 Å². The molecule has 2 nitrogen and oxygen atoms in total. The Morgan fingerprint density at radius 1 is 1.38 bits per heavy atom. The molecule has 1 saturated heterocycles. The summed E-state index contributed by atoms with van der Waals surface area (Å²) in [5.41, 5.74) is -1.20. The lowest BCUT2D eigenvalue weighted by Crippen LogP contribution is -2.36. The molecule has 1 heterocycles. The van der Waals surface area contributed by atoms with Crippen molar-refractivity contribution in [3.05, 3.63) is 0 Å². The number of nitrogens with zero attached hydrogens (tertiary/aromatic N) is 1. The predicted octanol–water partition coefficient (Wildman–Crippen LogP) is 1.76. The van der Waals surface area contributed by atoms with Gasteiger partial charge in [0.15, 0.2) is 0 Å². The first-order valence-corrected chi connectivity index (χ1v) is 5.80. The highest BCUT2D eigenvalue weighted by Gasteiger charge is 2.17. The lowest BCUT2D eigenvalue weighted by Gasteiger charge is -2.26. The van der Waals surface area contributed by atoms with E-state index in [4.69, 9.17) is 4.74 Å². The number of rotatable bonds is 4. The van der Waals surface area contributed by atoms with Gasteiger partial charge in [-0.25, -0.2) is 4.39 Å². The van der Waals surface area contributed by atoms with Crippen LogP contribution in [-0.2, 0) is 4.74 Å². The van der Waals surface area contributed by atoms with Gasteiger partial charge in [-0.15, -0.1) is 0 Å². The second-order valence-electron chi connectivity index (χ2n) is 3.93. The zero-order chi connectivity index (χ0) is 9.73. The van der Waals surface area contributed by atoms with Crippen molar-refractivity contribution in [1.29, 1.82) is 0 Å². The van der Waals surface area contributed by atoms with Crippen LogP contribution in [-0.4, -0.2) is 48.5 Å². The van der Waals surface area contributed by atoms with E-state index in [0.29, 0.717) is 6.73 Å². The van der Waals surface area contributed by atoms with Crippen LogP contribution in [0.5, 0.6) is 0 Å². The number of hydrogen-bond donors (Lipinski definition) is 0. The molecule has 0 aromatic carbocycles. The molecule has 1 aliphatic rings. The third-order valence-electron chi connectivity index (χ3n) is 1.82. The minimum absolute atomic E-state index is 0.191. The zero-order valence-electron chi connectivity index (χ0n) is 8.38. The highest BCUT2D eigenvalue weighted by molar-refractivity contribution is 7.99. The minimum Gasteiger partial charge on any atom is -0.363 e. The van der Waals surface area contributed by atoms with Gasteiger partial charge in [-0.1, -0.05) is 0 Å². The Hall–Kier alpha value is 0.200. The van der Waals surface area contributed by atoms with E-state index in [-0.39, 0.29) is 6.61 Å². The summed E-state index contributed by atoms with van der Waals surface area (Å²) in [5, 5.41) is 0. The molecule has 78 valence electrons. The molecule has 0 unspecified atom stereocenters. The molecule has 0 aromatic heterocycles. The maximum absolute atomic E-state index is 13.0. The van der Waals surface area contributed by atoms with Crippen molar-refractivity contribution in [2.24, 2.45) is 0 Å². The van der Waals surface area contributed by atoms with Gasteiger partial charge < -0.3 is 4.74 Å². The fourth-order valence-corrected chi connectivity index (χ4v) is 2.13. The van der Waals surface area contributed by atoms with E-state index >= 15 is 0 Å². The first kappa shape index (κ1) is 11.3. The third-order valence-corrected chi connectivity index (χ3v) is 2.77. The van der Waals surface area contributed by atoms with E-state index in [1.807, 2.05) is 11.8 Å². The Morgan fingerprint density at radius 2 is 2.00 bits per heavy atom. The largest absolute Gasteiger partial charge is 0.363 e. The molecule has 0 amide bonds. The van der Waals surface area contributed by atoms with Gasteiger partial charge in [0, 0.05) is 24.6 Å². The molecule has 1 aliphatic heterocycles. The molecule has 13 heavy (non-hydrogen) atoms. The average Bonchev–Trinajstić information content (AvgIpc) is 2.04. The number of hydrogen-bond acceptors (Lipinski definition) is 3. The van der Waals surface area contributed by atoms with Crippen molar-refractivity contribution in [1.82, 2.24) is 4.90 Å². The van der Waals surface area contributed by atoms with Crippen LogP contribution < -0.4 is 0 Å². The molecule has 0 aliphatic carbocycles. The topological polar surface area (TPSA) is 12.5 Å². The molecule has 0 spiro atoms. The van der Waals surface area contributed by atoms with Crippen molar-refractivity contribution in [2.45, 2.75) is 19.5 Å². The molecule has 0 saturated carbocycles. The summed E-state index contributed by atoms with van der Waals surface area (Å²) in [5.74, 6) is 2.34. The fourth-order valence-electron chi connectivity index (χ4n) is 1.15. The highest BCUT2D eigenvalue weighted by atomic mass is 32.2. The van der Waals surface area contributed by atoms with E-state index in [1.165, 1.54) is 11.5 Å².